The SMILES string of the molecule is Cc1ccc(N(CC(=O)O)S(=O)(=O)c2cn[nH]c2C)cc1. The van der Waals surface area contributed by atoms with Crippen LogP contribution in [0.1, 0.15) is 11.3 Å². The molecule has 2 N–H and O–H groups in total. The lowest BCUT2D eigenvalue weighted by atomic mass is 10.2. The molecule has 1 aromatic carbocycles. The summed E-state index contributed by atoms with van der Waals surface area (Å²) in [6, 6.07) is 6.60. The molecular formula is C13H15N3O4S. The summed E-state index contributed by atoms with van der Waals surface area (Å²) in [7, 11) is -3.99. The Morgan fingerprint density at radius 1 is 1.29 bits per heavy atom. The molecule has 0 unspecified atom stereocenters. The van der Waals surface area contributed by atoms with Crippen molar-refractivity contribution in [3.63, 3.8) is 0 Å². The Kier molecular flexibility index (Phi) is 3.99. The zero-order chi connectivity index (χ0) is 15.6. The van der Waals surface area contributed by atoms with Gasteiger partial charge in [0.2, 0.25) is 0 Å². The van der Waals surface area contributed by atoms with Gasteiger partial charge in [-0.05, 0) is 26.0 Å². The third kappa shape index (κ3) is 3.05. The highest BCUT2D eigenvalue weighted by Gasteiger charge is 2.29. The van der Waals surface area contributed by atoms with Crippen LogP contribution in [0.25, 0.3) is 0 Å². The van der Waals surface area contributed by atoms with Gasteiger partial charge in [0.25, 0.3) is 10.0 Å². The van der Waals surface area contributed by atoms with Crippen LogP contribution in [0.15, 0.2) is 35.4 Å². The first-order chi connectivity index (χ1) is 9.82. The largest absolute Gasteiger partial charge is 0.480 e. The van der Waals surface area contributed by atoms with Crippen LogP contribution in [-0.4, -0.2) is 36.2 Å². The maximum Gasteiger partial charge on any atom is 0.324 e. The molecule has 0 fully saturated rings. The Labute approximate surface area is 122 Å². The Bertz CT molecular complexity index is 750. The van der Waals surface area contributed by atoms with E-state index in [1.165, 1.54) is 6.20 Å². The van der Waals surface area contributed by atoms with Gasteiger partial charge in [-0.1, -0.05) is 17.7 Å². The van der Waals surface area contributed by atoms with Crippen LogP contribution in [0.3, 0.4) is 0 Å². The van der Waals surface area contributed by atoms with Crippen molar-refractivity contribution in [1.29, 1.82) is 0 Å². The lowest BCUT2D eigenvalue weighted by Gasteiger charge is -2.22. The number of carboxylic acids is 1. The average Bonchev–Trinajstić information content (AvgIpc) is 2.84. The minimum Gasteiger partial charge on any atom is -0.480 e. The number of hydrogen-bond acceptors (Lipinski definition) is 4. The molecule has 0 amide bonds. The quantitative estimate of drug-likeness (QED) is 0.866. The fourth-order valence-corrected chi connectivity index (χ4v) is 3.40. The summed E-state index contributed by atoms with van der Waals surface area (Å²) in [5.74, 6) is -1.24. The van der Waals surface area contributed by atoms with Crippen LogP contribution < -0.4 is 4.31 Å². The molecule has 1 heterocycles. The molecule has 2 aromatic rings. The van der Waals surface area contributed by atoms with Crippen LogP contribution in [0, 0.1) is 13.8 Å². The zero-order valence-corrected chi connectivity index (χ0v) is 12.4. The lowest BCUT2D eigenvalue weighted by Crippen LogP contribution is -2.35. The van der Waals surface area contributed by atoms with Gasteiger partial charge < -0.3 is 5.11 Å². The number of sulfonamides is 1. The van der Waals surface area contributed by atoms with Gasteiger partial charge in [0.05, 0.1) is 17.6 Å². The summed E-state index contributed by atoms with van der Waals surface area (Å²) >= 11 is 0. The smallest absolute Gasteiger partial charge is 0.324 e. The molecule has 0 radical (unpaired) electrons. The summed E-state index contributed by atoms with van der Waals surface area (Å²) in [6.07, 6.45) is 1.17. The number of carboxylic acid groups (broad SMARTS) is 1. The highest BCUT2D eigenvalue weighted by Crippen LogP contribution is 2.24. The number of benzene rings is 1. The van der Waals surface area contributed by atoms with Crippen LogP contribution in [0.5, 0.6) is 0 Å². The normalized spacial score (nSPS) is 11.3. The van der Waals surface area contributed by atoms with Gasteiger partial charge in [0.1, 0.15) is 11.4 Å². The van der Waals surface area contributed by atoms with E-state index in [0.29, 0.717) is 11.4 Å². The first-order valence-corrected chi connectivity index (χ1v) is 7.57. The number of nitrogens with one attached hydrogen (secondary N) is 1. The Morgan fingerprint density at radius 3 is 2.38 bits per heavy atom. The van der Waals surface area contributed by atoms with Crippen molar-refractivity contribution in [2.45, 2.75) is 18.7 Å². The standard InChI is InChI=1S/C13H15N3O4S/c1-9-3-5-11(6-4-9)16(8-13(17)18)21(19,20)12-7-14-15-10(12)2/h3-7H,8H2,1-2H3,(H,14,15)(H,17,18). The van der Waals surface area contributed by atoms with E-state index in [1.54, 1.807) is 31.2 Å². The molecule has 112 valence electrons. The van der Waals surface area contributed by atoms with E-state index in [2.05, 4.69) is 10.2 Å². The molecule has 8 heteroatoms. The summed E-state index contributed by atoms with van der Waals surface area (Å²) in [5, 5.41) is 15.2. The van der Waals surface area contributed by atoms with Gasteiger partial charge in [0, 0.05) is 0 Å². The van der Waals surface area contributed by atoms with Crippen LogP contribution in [0.2, 0.25) is 0 Å². The molecule has 1 aromatic heterocycles. The summed E-state index contributed by atoms with van der Waals surface area (Å²) < 4.78 is 26.1. The van der Waals surface area contributed by atoms with Gasteiger partial charge in [-0.25, -0.2) is 8.42 Å². The van der Waals surface area contributed by atoms with Crippen molar-refractivity contribution < 1.29 is 18.3 Å². The lowest BCUT2D eigenvalue weighted by molar-refractivity contribution is -0.135. The number of aromatic amines is 1. The van der Waals surface area contributed by atoms with E-state index in [4.69, 9.17) is 5.11 Å². The maximum absolute atomic E-state index is 12.6. The number of anilines is 1. The van der Waals surface area contributed by atoms with Crippen molar-refractivity contribution in [3.8, 4) is 0 Å². The Morgan fingerprint density at radius 2 is 1.90 bits per heavy atom. The van der Waals surface area contributed by atoms with Crippen molar-refractivity contribution in [2.75, 3.05) is 10.8 Å². The van der Waals surface area contributed by atoms with Crippen LogP contribution >= 0.6 is 0 Å². The third-order valence-corrected chi connectivity index (χ3v) is 4.84. The first-order valence-electron chi connectivity index (χ1n) is 6.13. The number of hydrogen-bond donors (Lipinski definition) is 2. The van der Waals surface area contributed by atoms with Crippen molar-refractivity contribution in [1.82, 2.24) is 10.2 Å². The molecule has 0 bridgehead atoms. The minimum atomic E-state index is -3.99. The van der Waals surface area contributed by atoms with Crippen LogP contribution in [-0.2, 0) is 14.8 Å². The summed E-state index contributed by atoms with van der Waals surface area (Å²) in [4.78, 5) is 11.0. The molecule has 0 spiro atoms. The molecule has 21 heavy (non-hydrogen) atoms. The number of rotatable bonds is 5. The van der Waals surface area contributed by atoms with Gasteiger partial charge in [-0.2, -0.15) is 5.10 Å². The van der Waals surface area contributed by atoms with Crippen molar-refractivity contribution >= 4 is 21.7 Å². The Balaban J connectivity index is 2.52. The monoisotopic (exact) mass is 309 g/mol. The molecule has 2 rings (SSSR count). The van der Waals surface area contributed by atoms with E-state index in [1.807, 2.05) is 6.92 Å². The van der Waals surface area contributed by atoms with E-state index in [-0.39, 0.29) is 4.90 Å². The number of H-pyrrole nitrogens is 1. The number of aryl methyl sites for hydroxylation is 2. The molecule has 0 saturated carbocycles. The molecular weight excluding hydrogens is 294 g/mol. The molecule has 0 aliphatic rings. The predicted molar refractivity (Wildman–Crippen MR) is 76.7 cm³/mol. The van der Waals surface area contributed by atoms with Crippen LogP contribution in [0.4, 0.5) is 5.69 Å². The minimum absolute atomic E-state index is 0.0377. The summed E-state index contributed by atoms with van der Waals surface area (Å²) in [5.41, 5.74) is 1.60. The van der Waals surface area contributed by atoms with E-state index in [0.717, 1.165) is 9.87 Å². The summed E-state index contributed by atoms with van der Waals surface area (Å²) in [6.45, 7) is 2.77. The Hall–Kier alpha value is -2.35. The van der Waals surface area contributed by atoms with Gasteiger partial charge in [-0.15, -0.1) is 0 Å². The van der Waals surface area contributed by atoms with E-state index in [9.17, 15) is 13.2 Å². The predicted octanol–water partition coefficient (Wildman–Crippen LogP) is 1.31. The molecule has 0 atom stereocenters. The average molecular weight is 309 g/mol. The second kappa shape index (κ2) is 5.57. The van der Waals surface area contributed by atoms with Gasteiger partial charge >= 0.3 is 5.97 Å². The third-order valence-electron chi connectivity index (χ3n) is 2.95. The second-order valence-electron chi connectivity index (χ2n) is 4.60. The first kappa shape index (κ1) is 15.0. The maximum atomic E-state index is 12.6. The highest BCUT2D eigenvalue weighted by atomic mass is 32.2. The molecule has 0 aliphatic carbocycles. The molecule has 7 nitrogen and oxygen atoms in total. The van der Waals surface area contributed by atoms with Crippen molar-refractivity contribution in [2.24, 2.45) is 0 Å². The number of nitrogens with zero attached hydrogens (tertiary/aromatic N) is 2. The number of aromatic nitrogens is 2. The van der Waals surface area contributed by atoms with Gasteiger partial charge in [0.15, 0.2) is 0 Å². The van der Waals surface area contributed by atoms with Gasteiger partial charge in [-0.3, -0.25) is 14.2 Å². The zero-order valence-electron chi connectivity index (χ0n) is 11.6. The van der Waals surface area contributed by atoms with Crippen molar-refractivity contribution in [3.05, 3.63) is 41.7 Å². The van der Waals surface area contributed by atoms with E-state index >= 15 is 0 Å². The second-order valence-corrected chi connectivity index (χ2v) is 6.43. The number of aliphatic carboxylic acids is 1. The highest BCUT2D eigenvalue weighted by molar-refractivity contribution is 7.93. The molecule has 0 saturated heterocycles. The fourth-order valence-electron chi connectivity index (χ4n) is 1.87. The fraction of sp³-hybridized carbons (Fsp3) is 0.231. The van der Waals surface area contributed by atoms with E-state index < -0.39 is 22.5 Å². The topological polar surface area (TPSA) is 103 Å². The number of carbonyl (C=O) groups is 1. The molecule has 0 aliphatic heterocycles.